The maximum absolute atomic E-state index is 14.3. The van der Waals surface area contributed by atoms with E-state index in [4.69, 9.17) is 4.98 Å². The minimum absolute atomic E-state index is 0.000287. The van der Waals surface area contributed by atoms with Gasteiger partial charge in [0, 0.05) is 21.5 Å². The Hall–Kier alpha value is -3.07. The molecule has 45 heavy (non-hydrogen) atoms. The van der Waals surface area contributed by atoms with E-state index in [0.717, 1.165) is 73.6 Å². The summed E-state index contributed by atoms with van der Waals surface area (Å²) in [5.74, 6) is 0. The van der Waals surface area contributed by atoms with Gasteiger partial charge in [0.05, 0.1) is 21.3 Å². The molecule has 232 valence electrons. The van der Waals surface area contributed by atoms with E-state index >= 15 is 0 Å². The number of nitrogens with zero attached hydrogens (tertiary/aromatic N) is 3. The molecule has 8 rings (SSSR count). The first kappa shape index (κ1) is 29.3. The highest BCUT2D eigenvalue weighted by Gasteiger charge is 2.29. The van der Waals surface area contributed by atoms with E-state index in [2.05, 4.69) is 31.4 Å². The molecule has 7 aromatic heterocycles. The van der Waals surface area contributed by atoms with Gasteiger partial charge in [-0.15, -0.1) is 34.0 Å². The molecule has 0 spiro atoms. The molecule has 0 aliphatic rings. The number of fused-ring (bicyclic) bond motifs is 8. The number of aromatic nitrogens is 3. The van der Waals surface area contributed by atoms with Crippen LogP contribution >= 0.6 is 34.0 Å². The lowest BCUT2D eigenvalue weighted by Crippen LogP contribution is -2.14. The van der Waals surface area contributed by atoms with Crippen LogP contribution in [0.25, 0.3) is 62.7 Å². The van der Waals surface area contributed by atoms with Crippen molar-refractivity contribution in [1.29, 1.82) is 0 Å². The van der Waals surface area contributed by atoms with E-state index in [9.17, 15) is 9.59 Å². The molecule has 0 bridgehead atoms. The zero-order valence-corrected chi connectivity index (χ0v) is 28.6. The lowest BCUT2D eigenvalue weighted by molar-refractivity contribution is 0.600. The Morgan fingerprint density at radius 3 is 1.91 bits per heavy atom. The Morgan fingerprint density at radius 1 is 0.622 bits per heavy atom. The number of hydrogen-bond acceptors (Lipinski definition) is 6. The van der Waals surface area contributed by atoms with E-state index < -0.39 is 0 Å². The minimum atomic E-state index is -0.0418. The second-order valence-corrected chi connectivity index (χ2v) is 15.6. The molecule has 0 saturated carbocycles. The van der Waals surface area contributed by atoms with Crippen molar-refractivity contribution >= 4 is 96.7 Å². The van der Waals surface area contributed by atoms with Crippen molar-refractivity contribution in [2.45, 2.75) is 104 Å². The van der Waals surface area contributed by atoms with E-state index in [1.807, 2.05) is 20.2 Å². The minimum Gasteiger partial charge on any atom is -0.274 e. The zero-order chi connectivity index (χ0) is 30.7. The van der Waals surface area contributed by atoms with Gasteiger partial charge in [-0.05, 0) is 65.8 Å². The van der Waals surface area contributed by atoms with E-state index in [1.54, 1.807) is 22.7 Å². The van der Waals surface area contributed by atoms with Gasteiger partial charge in [-0.2, -0.15) is 0 Å². The number of benzene rings is 1. The summed E-state index contributed by atoms with van der Waals surface area (Å²) in [5.41, 5.74) is 6.37. The highest BCUT2D eigenvalue weighted by molar-refractivity contribution is 7.26. The molecule has 5 nitrogen and oxygen atoms in total. The highest BCUT2D eigenvalue weighted by atomic mass is 32.1. The summed E-state index contributed by atoms with van der Waals surface area (Å²) < 4.78 is 6.35. The number of imidazole rings is 1. The Labute approximate surface area is 273 Å². The summed E-state index contributed by atoms with van der Waals surface area (Å²) in [4.78, 5) is 34.7. The van der Waals surface area contributed by atoms with Gasteiger partial charge in [0.15, 0.2) is 0 Å². The quantitative estimate of drug-likeness (QED) is 0.0867. The van der Waals surface area contributed by atoms with E-state index in [1.165, 1.54) is 92.1 Å². The first-order valence-electron chi connectivity index (χ1n) is 16.9. The Morgan fingerprint density at radius 2 is 1.20 bits per heavy atom. The smallest absolute Gasteiger partial charge is 0.274 e. The fraction of sp³-hybridized carbons (Fsp3) is 0.432. The molecular weight excluding hydrogens is 615 g/mol. The predicted molar refractivity (Wildman–Crippen MR) is 196 cm³/mol. The third-order valence-corrected chi connectivity index (χ3v) is 12.7. The summed E-state index contributed by atoms with van der Waals surface area (Å²) >= 11 is 4.70. The third kappa shape index (κ3) is 4.54. The van der Waals surface area contributed by atoms with E-state index in [0.29, 0.717) is 9.40 Å². The summed E-state index contributed by atoms with van der Waals surface area (Å²) in [6.45, 7) is 4.54. The average molecular weight is 654 g/mol. The molecule has 0 fully saturated rings. The molecule has 0 aliphatic heterocycles. The molecule has 0 aliphatic carbocycles. The van der Waals surface area contributed by atoms with Gasteiger partial charge in [-0.3, -0.25) is 18.4 Å². The van der Waals surface area contributed by atoms with Gasteiger partial charge in [-0.25, -0.2) is 4.98 Å². The van der Waals surface area contributed by atoms with Gasteiger partial charge < -0.3 is 0 Å². The standard InChI is InChI=1S/C37H39N3O2S3/c1-3-5-7-9-11-13-15-22-23(16-14-12-10-8-6-4-2)29-31-30-28(22)26-21-27-24(17-19-43-27)39(26)36(41)32(30)45-33(31)37(42)40-25-18-20-44-35(25)38-34(29)40/h17-21H,3-16H2,1-2H3. The van der Waals surface area contributed by atoms with Gasteiger partial charge in [0.1, 0.15) is 19.9 Å². The summed E-state index contributed by atoms with van der Waals surface area (Å²) in [6.07, 6.45) is 16.8. The number of aryl methyl sites for hydroxylation is 2. The number of pyridine rings is 2. The second-order valence-electron chi connectivity index (χ2n) is 12.8. The highest BCUT2D eigenvalue weighted by Crippen LogP contribution is 2.46. The number of rotatable bonds is 14. The van der Waals surface area contributed by atoms with Crippen LogP contribution < -0.4 is 11.1 Å². The molecule has 8 heteroatoms. The van der Waals surface area contributed by atoms with E-state index in [-0.39, 0.29) is 11.1 Å². The van der Waals surface area contributed by atoms with Crippen LogP contribution in [0.1, 0.15) is 102 Å². The van der Waals surface area contributed by atoms with Crippen molar-refractivity contribution in [3.8, 4) is 0 Å². The van der Waals surface area contributed by atoms with Crippen molar-refractivity contribution in [3.05, 3.63) is 60.8 Å². The number of hydrogen-bond donors (Lipinski definition) is 0. The largest absolute Gasteiger partial charge is 0.274 e. The van der Waals surface area contributed by atoms with Crippen molar-refractivity contribution < 1.29 is 0 Å². The summed E-state index contributed by atoms with van der Waals surface area (Å²) in [6, 6.07) is 6.33. The molecular formula is C37H39N3O2S3. The lowest BCUT2D eigenvalue weighted by atomic mass is 9.87. The normalized spacial score (nSPS) is 12.8. The Kier molecular flexibility index (Phi) is 7.78. The van der Waals surface area contributed by atoms with Gasteiger partial charge in [-0.1, -0.05) is 78.1 Å². The Balaban J connectivity index is 1.44. The maximum Gasteiger partial charge on any atom is 0.274 e. The Bertz CT molecular complexity index is 2250. The summed E-state index contributed by atoms with van der Waals surface area (Å²) in [7, 11) is 0. The molecule has 0 saturated heterocycles. The van der Waals surface area contributed by atoms with Crippen LogP contribution in [-0.2, 0) is 12.8 Å². The first-order chi connectivity index (χ1) is 22.1. The molecule has 0 amide bonds. The van der Waals surface area contributed by atoms with Gasteiger partial charge in [0.25, 0.3) is 11.1 Å². The SMILES string of the molecule is CCCCCCCCc1c(CCCCCCCC)c2c3c(sc4c(=O)n5c6ccsc6cc5c1c43)c(=O)n1c3ccsc3nc21. The van der Waals surface area contributed by atoms with Gasteiger partial charge in [0.2, 0.25) is 0 Å². The van der Waals surface area contributed by atoms with Crippen molar-refractivity contribution in [2.24, 2.45) is 0 Å². The van der Waals surface area contributed by atoms with Crippen LogP contribution in [0.15, 0.2) is 38.5 Å². The van der Waals surface area contributed by atoms with Crippen LogP contribution in [0, 0.1) is 0 Å². The predicted octanol–water partition coefficient (Wildman–Crippen LogP) is 10.9. The molecule has 0 radical (unpaired) electrons. The zero-order valence-electron chi connectivity index (χ0n) is 26.2. The van der Waals surface area contributed by atoms with Crippen molar-refractivity contribution in [2.75, 3.05) is 0 Å². The van der Waals surface area contributed by atoms with Crippen LogP contribution in [0.5, 0.6) is 0 Å². The van der Waals surface area contributed by atoms with Crippen LogP contribution in [0.3, 0.4) is 0 Å². The summed E-state index contributed by atoms with van der Waals surface area (Å²) in [5, 5.41) is 8.41. The second kappa shape index (κ2) is 11.9. The molecule has 0 N–H and O–H groups in total. The molecule has 7 heterocycles. The van der Waals surface area contributed by atoms with Crippen LogP contribution in [0.2, 0.25) is 0 Å². The number of thiophene rings is 3. The molecule has 8 aromatic rings. The molecule has 0 atom stereocenters. The van der Waals surface area contributed by atoms with Crippen LogP contribution in [0.4, 0.5) is 0 Å². The fourth-order valence-corrected chi connectivity index (χ4v) is 10.5. The average Bonchev–Trinajstić information content (AvgIpc) is 3.85. The number of unbranched alkanes of at least 4 members (excludes halogenated alkanes) is 10. The molecule has 0 unspecified atom stereocenters. The van der Waals surface area contributed by atoms with Crippen molar-refractivity contribution in [3.63, 3.8) is 0 Å². The lowest BCUT2D eigenvalue weighted by Gasteiger charge is -2.19. The van der Waals surface area contributed by atoms with Crippen molar-refractivity contribution in [1.82, 2.24) is 13.8 Å². The first-order valence-corrected chi connectivity index (χ1v) is 19.5. The fourth-order valence-electron chi connectivity index (χ4n) is 7.77. The topological polar surface area (TPSA) is 55.8 Å². The van der Waals surface area contributed by atoms with Gasteiger partial charge >= 0.3 is 0 Å². The third-order valence-electron chi connectivity index (χ3n) is 9.92. The molecule has 1 aromatic carbocycles. The monoisotopic (exact) mass is 653 g/mol. The van der Waals surface area contributed by atoms with Crippen LogP contribution in [-0.4, -0.2) is 13.8 Å². The maximum atomic E-state index is 14.3.